The summed E-state index contributed by atoms with van der Waals surface area (Å²) in [5.74, 6) is 1.54. The van der Waals surface area contributed by atoms with E-state index >= 15 is 0 Å². The molecule has 0 bridgehead atoms. The van der Waals surface area contributed by atoms with Gasteiger partial charge in [0.1, 0.15) is 5.75 Å². The maximum Gasteiger partial charge on any atom is 0.225 e. The first-order chi connectivity index (χ1) is 11.3. The SMILES string of the molecule is COc1ccccc1CN1CCN(C(=O)C2CCNCC2)CC1.Cl. The zero-order valence-corrected chi connectivity index (χ0v) is 15.2. The molecule has 0 radical (unpaired) electrons. The van der Waals surface area contributed by atoms with Crippen molar-refractivity contribution >= 4 is 18.3 Å². The lowest BCUT2D eigenvalue weighted by atomic mass is 9.96. The Morgan fingerprint density at radius 1 is 1.17 bits per heavy atom. The van der Waals surface area contributed by atoms with Crippen LogP contribution in [0, 0.1) is 5.92 Å². The normalized spacial score (nSPS) is 19.6. The fourth-order valence-corrected chi connectivity index (χ4v) is 3.53. The number of piperazine rings is 1. The number of halogens is 1. The Morgan fingerprint density at radius 3 is 2.50 bits per heavy atom. The number of piperidine rings is 1. The molecule has 5 nitrogen and oxygen atoms in total. The molecule has 24 heavy (non-hydrogen) atoms. The number of amides is 1. The first-order valence-electron chi connectivity index (χ1n) is 8.61. The van der Waals surface area contributed by atoms with E-state index in [2.05, 4.69) is 27.2 Å². The van der Waals surface area contributed by atoms with E-state index in [1.54, 1.807) is 7.11 Å². The van der Waals surface area contributed by atoms with Gasteiger partial charge < -0.3 is 15.0 Å². The molecule has 0 unspecified atom stereocenters. The first-order valence-corrected chi connectivity index (χ1v) is 8.61. The molecule has 0 aromatic heterocycles. The third-order valence-electron chi connectivity index (χ3n) is 4.96. The highest BCUT2D eigenvalue weighted by molar-refractivity contribution is 5.85. The summed E-state index contributed by atoms with van der Waals surface area (Å²) in [6.07, 6.45) is 1.97. The monoisotopic (exact) mass is 353 g/mol. The van der Waals surface area contributed by atoms with Gasteiger partial charge in [0, 0.05) is 44.2 Å². The fourth-order valence-electron chi connectivity index (χ4n) is 3.53. The van der Waals surface area contributed by atoms with Crippen molar-refractivity contribution in [2.75, 3.05) is 46.4 Å². The van der Waals surface area contributed by atoms with E-state index in [0.29, 0.717) is 5.91 Å². The van der Waals surface area contributed by atoms with Crippen molar-refractivity contribution in [2.24, 2.45) is 5.92 Å². The molecule has 0 saturated carbocycles. The fraction of sp³-hybridized carbons (Fsp3) is 0.611. The molecular formula is C18H28ClN3O2. The molecule has 2 saturated heterocycles. The van der Waals surface area contributed by atoms with Gasteiger partial charge in [-0.25, -0.2) is 0 Å². The summed E-state index contributed by atoms with van der Waals surface area (Å²) >= 11 is 0. The molecule has 1 aromatic rings. The lowest BCUT2D eigenvalue weighted by Crippen LogP contribution is -2.51. The van der Waals surface area contributed by atoms with Crippen LogP contribution in [-0.4, -0.2) is 62.1 Å². The Balaban J connectivity index is 0.00000208. The predicted molar refractivity (Wildman–Crippen MR) is 97.7 cm³/mol. The van der Waals surface area contributed by atoms with Crippen molar-refractivity contribution in [2.45, 2.75) is 19.4 Å². The van der Waals surface area contributed by atoms with E-state index in [9.17, 15) is 4.79 Å². The Bertz CT molecular complexity index is 527. The van der Waals surface area contributed by atoms with Crippen LogP contribution in [0.4, 0.5) is 0 Å². The Morgan fingerprint density at radius 2 is 1.83 bits per heavy atom. The number of nitrogens with one attached hydrogen (secondary N) is 1. The Labute approximate surface area is 150 Å². The highest BCUT2D eigenvalue weighted by atomic mass is 35.5. The van der Waals surface area contributed by atoms with Crippen molar-refractivity contribution in [3.8, 4) is 5.75 Å². The van der Waals surface area contributed by atoms with Crippen LogP contribution in [0.1, 0.15) is 18.4 Å². The molecule has 1 amide bonds. The summed E-state index contributed by atoms with van der Waals surface area (Å²) in [7, 11) is 1.72. The number of carbonyl (C=O) groups excluding carboxylic acids is 1. The molecule has 0 spiro atoms. The van der Waals surface area contributed by atoms with E-state index in [0.717, 1.165) is 64.4 Å². The molecule has 2 aliphatic rings. The smallest absolute Gasteiger partial charge is 0.225 e. The van der Waals surface area contributed by atoms with Crippen molar-refractivity contribution in [3.05, 3.63) is 29.8 Å². The second kappa shape index (κ2) is 9.25. The molecule has 0 atom stereocenters. The number of ether oxygens (including phenoxy) is 1. The van der Waals surface area contributed by atoms with E-state index in [1.807, 2.05) is 12.1 Å². The first kappa shape index (κ1) is 19.0. The average molecular weight is 354 g/mol. The largest absolute Gasteiger partial charge is 0.496 e. The summed E-state index contributed by atoms with van der Waals surface area (Å²) in [5.41, 5.74) is 1.22. The molecule has 6 heteroatoms. The van der Waals surface area contributed by atoms with Crippen LogP contribution in [0.2, 0.25) is 0 Å². The van der Waals surface area contributed by atoms with Gasteiger partial charge in [0.15, 0.2) is 0 Å². The van der Waals surface area contributed by atoms with E-state index in [-0.39, 0.29) is 18.3 Å². The molecule has 2 fully saturated rings. The van der Waals surface area contributed by atoms with Crippen molar-refractivity contribution in [3.63, 3.8) is 0 Å². The van der Waals surface area contributed by atoms with Crippen LogP contribution < -0.4 is 10.1 Å². The van der Waals surface area contributed by atoms with Crippen LogP contribution in [0.25, 0.3) is 0 Å². The third-order valence-corrected chi connectivity index (χ3v) is 4.96. The van der Waals surface area contributed by atoms with Crippen LogP contribution in [0.15, 0.2) is 24.3 Å². The maximum atomic E-state index is 12.6. The van der Waals surface area contributed by atoms with Gasteiger partial charge in [0.2, 0.25) is 5.91 Å². The number of para-hydroxylation sites is 1. The van der Waals surface area contributed by atoms with Gasteiger partial charge in [-0.3, -0.25) is 9.69 Å². The molecule has 3 rings (SSSR count). The quantitative estimate of drug-likeness (QED) is 0.896. The van der Waals surface area contributed by atoms with E-state index < -0.39 is 0 Å². The number of benzene rings is 1. The average Bonchev–Trinajstić information content (AvgIpc) is 2.63. The molecule has 1 N–H and O–H groups in total. The maximum absolute atomic E-state index is 12.6. The predicted octanol–water partition coefficient (Wildman–Crippen LogP) is 1.76. The molecule has 0 aliphatic carbocycles. The molecular weight excluding hydrogens is 326 g/mol. The van der Waals surface area contributed by atoms with Gasteiger partial charge in [0.25, 0.3) is 0 Å². The van der Waals surface area contributed by atoms with Gasteiger partial charge in [-0.1, -0.05) is 18.2 Å². The topological polar surface area (TPSA) is 44.8 Å². The molecule has 2 heterocycles. The van der Waals surface area contributed by atoms with Crippen LogP contribution >= 0.6 is 12.4 Å². The summed E-state index contributed by atoms with van der Waals surface area (Å²) < 4.78 is 5.43. The molecule has 1 aromatic carbocycles. The van der Waals surface area contributed by atoms with Gasteiger partial charge in [-0.15, -0.1) is 12.4 Å². The minimum atomic E-state index is 0. The van der Waals surface area contributed by atoms with Gasteiger partial charge >= 0.3 is 0 Å². The highest BCUT2D eigenvalue weighted by Gasteiger charge is 2.28. The summed E-state index contributed by atoms with van der Waals surface area (Å²) in [4.78, 5) is 17.0. The highest BCUT2D eigenvalue weighted by Crippen LogP contribution is 2.21. The number of hydrogen-bond donors (Lipinski definition) is 1. The zero-order chi connectivity index (χ0) is 16.1. The second-order valence-electron chi connectivity index (χ2n) is 6.44. The molecule has 2 aliphatic heterocycles. The summed E-state index contributed by atoms with van der Waals surface area (Å²) in [5, 5.41) is 3.33. The van der Waals surface area contributed by atoms with Crippen LogP contribution in [-0.2, 0) is 11.3 Å². The number of carbonyl (C=O) groups is 1. The number of rotatable bonds is 4. The van der Waals surface area contributed by atoms with Crippen molar-refractivity contribution < 1.29 is 9.53 Å². The number of hydrogen-bond acceptors (Lipinski definition) is 4. The Hall–Kier alpha value is -1.30. The minimum Gasteiger partial charge on any atom is -0.496 e. The van der Waals surface area contributed by atoms with Gasteiger partial charge in [-0.2, -0.15) is 0 Å². The minimum absolute atomic E-state index is 0. The van der Waals surface area contributed by atoms with Crippen molar-refractivity contribution in [1.82, 2.24) is 15.1 Å². The summed E-state index contributed by atoms with van der Waals surface area (Å²) in [6.45, 7) is 6.41. The second-order valence-corrected chi connectivity index (χ2v) is 6.44. The Kier molecular flexibility index (Phi) is 7.34. The summed E-state index contributed by atoms with van der Waals surface area (Å²) in [6, 6.07) is 8.17. The van der Waals surface area contributed by atoms with Gasteiger partial charge in [0.05, 0.1) is 7.11 Å². The van der Waals surface area contributed by atoms with Gasteiger partial charge in [-0.05, 0) is 32.0 Å². The lowest BCUT2D eigenvalue weighted by molar-refractivity contribution is -0.138. The van der Waals surface area contributed by atoms with E-state index in [4.69, 9.17) is 4.74 Å². The third kappa shape index (κ3) is 4.62. The standard InChI is InChI=1S/C18H27N3O2.ClH/c1-23-17-5-3-2-4-16(17)14-20-10-12-21(13-11-20)18(22)15-6-8-19-9-7-15;/h2-5,15,19H,6-14H2,1H3;1H. The van der Waals surface area contributed by atoms with Crippen molar-refractivity contribution in [1.29, 1.82) is 0 Å². The van der Waals surface area contributed by atoms with E-state index in [1.165, 1.54) is 5.56 Å². The van der Waals surface area contributed by atoms with Crippen LogP contribution in [0.5, 0.6) is 5.75 Å². The lowest BCUT2D eigenvalue weighted by Gasteiger charge is -2.37. The molecule has 134 valence electrons. The van der Waals surface area contributed by atoms with Crippen LogP contribution in [0.3, 0.4) is 0 Å². The number of methoxy groups -OCH3 is 1. The number of nitrogens with zero attached hydrogens (tertiary/aromatic N) is 2. The zero-order valence-electron chi connectivity index (χ0n) is 14.4.